The fraction of sp³-hybridized carbons (Fsp3) is 0.444. The predicted octanol–water partition coefficient (Wildman–Crippen LogP) is 1.40. The highest BCUT2D eigenvalue weighted by Gasteiger charge is 2.25. The Bertz CT molecular complexity index is 380. The Morgan fingerprint density at radius 3 is 3.33 bits per heavy atom. The molecule has 1 aliphatic rings. The fourth-order valence-corrected chi connectivity index (χ4v) is 3.02. The zero-order chi connectivity index (χ0) is 10.8. The van der Waals surface area contributed by atoms with E-state index < -0.39 is 5.91 Å². The number of carbonyl (C=O) groups is 1. The summed E-state index contributed by atoms with van der Waals surface area (Å²) in [5.74, 6) is -0.482. The van der Waals surface area contributed by atoms with Gasteiger partial charge in [0.15, 0.2) is 0 Å². The van der Waals surface area contributed by atoms with Crippen molar-refractivity contribution in [2.24, 2.45) is 5.73 Å². The van der Waals surface area contributed by atoms with Crippen LogP contribution in [0.4, 0.5) is 0 Å². The van der Waals surface area contributed by atoms with Gasteiger partial charge < -0.3 is 5.73 Å². The standard InChI is InChI=1S/C9H11ClN2O2S/c10-8-3-5-6(1-2-7(5)15-8)12-14-4-9(11)13/h3,6,12H,1-2,4H2,(H2,11,13). The number of fused-ring (bicyclic) bond motifs is 1. The first-order valence-electron chi connectivity index (χ1n) is 4.60. The van der Waals surface area contributed by atoms with E-state index >= 15 is 0 Å². The van der Waals surface area contributed by atoms with Crippen LogP contribution in [0.15, 0.2) is 6.07 Å². The molecule has 0 fully saturated rings. The van der Waals surface area contributed by atoms with E-state index in [1.165, 1.54) is 10.4 Å². The molecule has 1 atom stereocenters. The summed E-state index contributed by atoms with van der Waals surface area (Å²) >= 11 is 7.50. The molecule has 6 heteroatoms. The lowest BCUT2D eigenvalue weighted by molar-refractivity contribution is -0.126. The lowest BCUT2D eigenvalue weighted by Crippen LogP contribution is -2.26. The van der Waals surface area contributed by atoms with E-state index in [-0.39, 0.29) is 12.6 Å². The zero-order valence-corrected chi connectivity index (χ0v) is 9.53. The Balaban J connectivity index is 1.92. The van der Waals surface area contributed by atoms with Crippen molar-refractivity contribution in [3.63, 3.8) is 0 Å². The van der Waals surface area contributed by atoms with Crippen molar-refractivity contribution in [1.29, 1.82) is 0 Å². The maximum Gasteiger partial charge on any atom is 0.245 e. The number of carbonyl (C=O) groups excluding carboxylic acids is 1. The van der Waals surface area contributed by atoms with Crippen LogP contribution in [0.25, 0.3) is 0 Å². The van der Waals surface area contributed by atoms with Crippen LogP contribution in [0.1, 0.15) is 22.9 Å². The second-order valence-electron chi connectivity index (χ2n) is 3.39. The molecule has 2 rings (SSSR count). The molecule has 1 aromatic rings. The van der Waals surface area contributed by atoms with Crippen molar-refractivity contribution in [1.82, 2.24) is 5.48 Å². The van der Waals surface area contributed by atoms with E-state index in [4.69, 9.17) is 22.2 Å². The van der Waals surface area contributed by atoms with E-state index in [0.717, 1.165) is 17.2 Å². The summed E-state index contributed by atoms with van der Waals surface area (Å²) in [4.78, 5) is 16.7. The third-order valence-electron chi connectivity index (χ3n) is 2.29. The normalized spacial score (nSPS) is 19.1. The van der Waals surface area contributed by atoms with Gasteiger partial charge in [-0.25, -0.2) is 0 Å². The highest BCUT2D eigenvalue weighted by Crippen LogP contribution is 2.39. The number of hydrogen-bond donors (Lipinski definition) is 2. The molecule has 0 spiro atoms. The van der Waals surface area contributed by atoms with E-state index in [2.05, 4.69) is 5.48 Å². The van der Waals surface area contributed by atoms with Crippen LogP contribution < -0.4 is 11.2 Å². The highest BCUT2D eigenvalue weighted by atomic mass is 35.5. The molecule has 1 aromatic heterocycles. The summed E-state index contributed by atoms with van der Waals surface area (Å²) in [6.45, 7) is -0.107. The number of aryl methyl sites for hydroxylation is 1. The minimum Gasteiger partial charge on any atom is -0.368 e. The SMILES string of the molecule is NC(=O)CONC1CCc2sc(Cl)cc21. The maximum atomic E-state index is 10.5. The van der Waals surface area contributed by atoms with Crippen LogP contribution in [0.2, 0.25) is 4.34 Å². The number of thiophene rings is 1. The molecule has 1 heterocycles. The van der Waals surface area contributed by atoms with E-state index in [1.807, 2.05) is 6.07 Å². The first-order valence-corrected chi connectivity index (χ1v) is 5.80. The summed E-state index contributed by atoms with van der Waals surface area (Å²) in [7, 11) is 0. The molecule has 1 unspecified atom stereocenters. The first kappa shape index (κ1) is 10.9. The van der Waals surface area contributed by atoms with Crippen LogP contribution in [0, 0.1) is 0 Å². The second kappa shape index (κ2) is 4.49. The van der Waals surface area contributed by atoms with Crippen molar-refractivity contribution >= 4 is 28.8 Å². The topological polar surface area (TPSA) is 64.4 Å². The molecule has 0 aromatic carbocycles. The van der Waals surface area contributed by atoms with Crippen LogP contribution in [0.5, 0.6) is 0 Å². The average molecular weight is 247 g/mol. The van der Waals surface area contributed by atoms with Gasteiger partial charge in [-0.05, 0) is 24.5 Å². The van der Waals surface area contributed by atoms with Crippen LogP contribution in [0.3, 0.4) is 0 Å². The van der Waals surface area contributed by atoms with Gasteiger partial charge in [0, 0.05) is 4.88 Å². The molecule has 1 amide bonds. The minimum absolute atomic E-state index is 0.107. The molecule has 0 saturated heterocycles. The first-order chi connectivity index (χ1) is 7.16. The smallest absolute Gasteiger partial charge is 0.245 e. The zero-order valence-electron chi connectivity index (χ0n) is 7.96. The van der Waals surface area contributed by atoms with E-state index in [1.54, 1.807) is 11.3 Å². The molecule has 1 aliphatic carbocycles. The summed E-state index contributed by atoms with van der Waals surface area (Å²) in [6, 6.07) is 2.07. The van der Waals surface area contributed by atoms with Crippen molar-refractivity contribution in [3.05, 3.63) is 20.8 Å². The lowest BCUT2D eigenvalue weighted by Gasteiger charge is -2.11. The molecule has 0 bridgehead atoms. The Morgan fingerprint density at radius 1 is 1.80 bits per heavy atom. The number of nitrogens with one attached hydrogen (secondary N) is 1. The Kier molecular flexibility index (Phi) is 3.25. The van der Waals surface area contributed by atoms with Gasteiger partial charge in [0.05, 0.1) is 10.4 Å². The van der Waals surface area contributed by atoms with Gasteiger partial charge in [-0.15, -0.1) is 11.3 Å². The third kappa shape index (κ3) is 2.49. The van der Waals surface area contributed by atoms with Gasteiger partial charge in [-0.3, -0.25) is 9.63 Å². The third-order valence-corrected chi connectivity index (χ3v) is 3.63. The van der Waals surface area contributed by atoms with E-state index in [0.29, 0.717) is 0 Å². The number of halogens is 1. The van der Waals surface area contributed by atoms with Gasteiger partial charge in [-0.1, -0.05) is 11.6 Å². The van der Waals surface area contributed by atoms with Crippen LogP contribution in [-0.4, -0.2) is 12.5 Å². The molecule has 0 aliphatic heterocycles. The number of hydrogen-bond acceptors (Lipinski definition) is 4. The highest BCUT2D eigenvalue weighted by molar-refractivity contribution is 7.16. The van der Waals surface area contributed by atoms with Crippen molar-refractivity contribution < 1.29 is 9.63 Å². The predicted molar refractivity (Wildman–Crippen MR) is 58.7 cm³/mol. The molecule has 4 nitrogen and oxygen atoms in total. The van der Waals surface area contributed by atoms with Crippen molar-refractivity contribution in [2.75, 3.05) is 6.61 Å². The lowest BCUT2D eigenvalue weighted by atomic mass is 10.2. The van der Waals surface area contributed by atoms with Crippen molar-refractivity contribution in [2.45, 2.75) is 18.9 Å². The molecule has 0 radical (unpaired) electrons. The van der Waals surface area contributed by atoms with Crippen LogP contribution in [-0.2, 0) is 16.1 Å². The largest absolute Gasteiger partial charge is 0.368 e. The van der Waals surface area contributed by atoms with Gasteiger partial charge in [0.25, 0.3) is 0 Å². The Hall–Kier alpha value is -0.620. The monoisotopic (exact) mass is 246 g/mol. The van der Waals surface area contributed by atoms with Gasteiger partial charge in [0.2, 0.25) is 5.91 Å². The molecular formula is C9H11ClN2O2S. The molecular weight excluding hydrogens is 236 g/mol. The van der Waals surface area contributed by atoms with Crippen molar-refractivity contribution in [3.8, 4) is 0 Å². The van der Waals surface area contributed by atoms with Gasteiger partial charge >= 0.3 is 0 Å². The number of primary amides is 1. The molecule has 3 N–H and O–H groups in total. The maximum absolute atomic E-state index is 10.5. The molecule has 15 heavy (non-hydrogen) atoms. The Morgan fingerprint density at radius 2 is 2.60 bits per heavy atom. The number of hydroxylamine groups is 1. The molecule has 0 saturated carbocycles. The summed E-state index contributed by atoms with van der Waals surface area (Å²) in [6.07, 6.45) is 1.97. The number of nitrogens with two attached hydrogens (primary N) is 1. The van der Waals surface area contributed by atoms with Crippen LogP contribution >= 0.6 is 22.9 Å². The summed E-state index contributed by atoms with van der Waals surface area (Å²) < 4.78 is 0.793. The minimum atomic E-state index is -0.482. The molecule has 82 valence electrons. The number of amides is 1. The number of rotatable bonds is 4. The Labute approximate surface area is 96.3 Å². The van der Waals surface area contributed by atoms with Gasteiger partial charge in [0.1, 0.15) is 6.61 Å². The van der Waals surface area contributed by atoms with Gasteiger partial charge in [-0.2, -0.15) is 5.48 Å². The second-order valence-corrected chi connectivity index (χ2v) is 5.16. The summed E-state index contributed by atoms with van der Waals surface area (Å²) in [5, 5.41) is 0. The fourth-order valence-electron chi connectivity index (χ4n) is 1.67. The average Bonchev–Trinajstić information content (AvgIpc) is 2.65. The quantitative estimate of drug-likeness (QED) is 0.790. The van der Waals surface area contributed by atoms with E-state index in [9.17, 15) is 4.79 Å². The summed E-state index contributed by atoms with van der Waals surface area (Å²) in [5.41, 5.74) is 8.96.